The highest BCUT2D eigenvalue weighted by molar-refractivity contribution is 6.21. The molecule has 0 saturated carbocycles. The van der Waals surface area contributed by atoms with Gasteiger partial charge in [-0.25, -0.2) is 9.97 Å². The van der Waals surface area contributed by atoms with Crippen LogP contribution in [0.5, 0.6) is 0 Å². The van der Waals surface area contributed by atoms with Gasteiger partial charge in [-0.05, 0) is 36.4 Å². The van der Waals surface area contributed by atoms with Crippen molar-refractivity contribution < 1.29 is 4.42 Å². The van der Waals surface area contributed by atoms with Crippen LogP contribution in [-0.4, -0.2) is 19.1 Å². The lowest BCUT2D eigenvalue weighted by molar-refractivity contribution is 0.669. The molecule has 0 aliphatic rings. The molecule has 0 bridgehead atoms. The fourth-order valence-corrected chi connectivity index (χ4v) is 7.82. The molecule has 0 aliphatic carbocycles. The molecule has 5 heteroatoms. The van der Waals surface area contributed by atoms with Crippen molar-refractivity contribution in [2.75, 3.05) is 0 Å². The second-order valence-electron chi connectivity index (χ2n) is 13.0. The van der Waals surface area contributed by atoms with Crippen molar-refractivity contribution >= 4 is 65.6 Å². The lowest BCUT2D eigenvalue weighted by atomic mass is 10.1. The highest BCUT2D eigenvalue weighted by Crippen LogP contribution is 2.42. The summed E-state index contributed by atoms with van der Waals surface area (Å²) in [7, 11) is 0. The number of benzene rings is 7. The van der Waals surface area contributed by atoms with Crippen molar-refractivity contribution in [2.45, 2.75) is 0 Å². The van der Waals surface area contributed by atoms with E-state index in [1.165, 1.54) is 16.3 Å². The number of furan rings is 1. The van der Waals surface area contributed by atoms with Crippen LogP contribution in [0.25, 0.3) is 99.7 Å². The number of hydrogen-bond donors (Lipinski definition) is 0. The van der Waals surface area contributed by atoms with E-state index in [9.17, 15) is 0 Å². The maximum absolute atomic E-state index is 6.77. The van der Waals surface area contributed by atoms with Crippen molar-refractivity contribution in [1.29, 1.82) is 0 Å². The largest absolute Gasteiger partial charge is 0.456 e. The van der Waals surface area contributed by atoms with Crippen molar-refractivity contribution in [1.82, 2.24) is 19.1 Å². The predicted molar refractivity (Wildman–Crippen MR) is 209 cm³/mol. The predicted octanol–water partition coefficient (Wildman–Crippen LogP) is 11.9. The molecule has 0 spiro atoms. The van der Waals surface area contributed by atoms with Crippen LogP contribution in [0.15, 0.2) is 174 Å². The van der Waals surface area contributed by atoms with E-state index in [1.54, 1.807) is 0 Å². The van der Waals surface area contributed by atoms with Crippen LogP contribution in [-0.2, 0) is 0 Å². The van der Waals surface area contributed by atoms with Crippen molar-refractivity contribution in [3.05, 3.63) is 170 Å². The second-order valence-corrected chi connectivity index (χ2v) is 13.0. The summed E-state index contributed by atoms with van der Waals surface area (Å²) < 4.78 is 11.4. The first-order valence-corrected chi connectivity index (χ1v) is 17.2. The number of para-hydroxylation sites is 3. The quantitative estimate of drug-likeness (QED) is 0.190. The van der Waals surface area contributed by atoms with E-state index in [0.29, 0.717) is 5.82 Å². The van der Waals surface area contributed by atoms with Crippen LogP contribution in [0.1, 0.15) is 0 Å². The Kier molecular flexibility index (Phi) is 5.89. The molecule has 0 fully saturated rings. The Morgan fingerprint density at radius 1 is 0.373 bits per heavy atom. The third-order valence-corrected chi connectivity index (χ3v) is 10.1. The third-order valence-electron chi connectivity index (χ3n) is 10.1. The third kappa shape index (κ3) is 4.22. The Morgan fingerprint density at radius 2 is 0.882 bits per heavy atom. The van der Waals surface area contributed by atoms with E-state index in [1.807, 2.05) is 36.4 Å². The SMILES string of the molecule is c1ccc(-c2cc(-n3c4ccccc4c4cc5c(cc43)oc3cc4c(cc35)c3ccccc3n4-c3ccccc3)nc(-c3ccccc3)n2)cc1. The number of fused-ring (bicyclic) bond motifs is 9. The Labute approximate surface area is 292 Å². The van der Waals surface area contributed by atoms with Crippen molar-refractivity contribution in [3.8, 4) is 34.2 Å². The molecule has 11 rings (SSSR count). The van der Waals surface area contributed by atoms with Crippen LogP contribution >= 0.6 is 0 Å². The molecule has 5 nitrogen and oxygen atoms in total. The minimum Gasteiger partial charge on any atom is -0.456 e. The van der Waals surface area contributed by atoms with Gasteiger partial charge in [0.25, 0.3) is 0 Å². The average molecular weight is 653 g/mol. The van der Waals surface area contributed by atoms with Crippen LogP contribution in [0.4, 0.5) is 0 Å². The van der Waals surface area contributed by atoms with E-state index >= 15 is 0 Å². The smallest absolute Gasteiger partial charge is 0.162 e. The lowest BCUT2D eigenvalue weighted by Crippen LogP contribution is -2.02. The summed E-state index contributed by atoms with van der Waals surface area (Å²) in [6.45, 7) is 0. The minimum atomic E-state index is 0.681. The van der Waals surface area contributed by atoms with Crippen molar-refractivity contribution in [3.63, 3.8) is 0 Å². The number of nitrogens with zero attached hydrogens (tertiary/aromatic N) is 4. The number of hydrogen-bond acceptors (Lipinski definition) is 3. The summed E-state index contributed by atoms with van der Waals surface area (Å²) in [6.07, 6.45) is 0. The maximum Gasteiger partial charge on any atom is 0.162 e. The van der Waals surface area contributed by atoms with E-state index in [2.05, 4.69) is 143 Å². The van der Waals surface area contributed by atoms with Crippen LogP contribution in [0, 0.1) is 0 Å². The van der Waals surface area contributed by atoms with Gasteiger partial charge in [-0.1, -0.05) is 115 Å². The molecule has 51 heavy (non-hydrogen) atoms. The second kappa shape index (κ2) is 10.8. The van der Waals surface area contributed by atoms with Gasteiger partial charge in [0, 0.05) is 67.3 Å². The lowest BCUT2D eigenvalue weighted by Gasteiger charge is -2.12. The molecule has 238 valence electrons. The Hall–Kier alpha value is -6.98. The molecule has 0 radical (unpaired) electrons. The molecular weight excluding hydrogens is 625 g/mol. The molecule has 0 atom stereocenters. The van der Waals surface area contributed by atoms with E-state index in [4.69, 9.17) is 14.4 Å². The Balaban J connectivity index is 1.20. The van der Waals surface area contributed by atoms with Crippen LogP contribution in [0.2, 0.25) is 0 Å². The highest BCUT2D eigenvalue weighted by atomic mass is 16.3. The summed E-state index contributed by atoms with van der Waals surface area (Å²) in [5, 5.41) is 6.93. The summed E-state index contributed by atoms with van der Waals surface area (Å²) in [4.78, 5) is 10.3. The normalized spacial score (nSPS) is 11.9. The van der Waals surface area contributed by atoms with Gasteiger partial charge in [0.15, 0.2) is 5.82 Å². The molecule has 0 aliphatic heterocycles. The minimum absolute atomic E-state index is 0.681. The first kappa shape index (κ1) is 27.9. The standard InChI is InChI=1S/C46H28N4O/c1-4-14-29(15-5-1)38-26-45(48-46(47-38)30-16-6-2-7-17-30)50-40-23-13-11-21-33(40)35-25-37-36-24-34-32-20-10-12-22-39(32)49(31-18-8-3-9-19-31)41(34)27-43(36)51-44(37)28-42(35)50/h1-28H. The zero-order valence-corrected chi connectivity index (χ0v) is 27.4. The fraction of sp³-hybridized carbons (Fsp3) is 0. The molecule has 7 aromatic carbocycles. The topological polar surface area (TPSA) is 48.8 Å². The van der Waals surface area contributed by atoms with Gasteiger partial charge in [0.05, 0.1) is 27.8 Å². The highest BCUT2D eigenvalue weighted by Gasteiger charge is 2.21. The van der Waals surface area contributed by atoms with Gasteiger partial charge in [0.2, 0.25) is 0 Å². The molecule has 4 aromatic heterocycles. The molecule has 0 N–H and O–H groups in total. The van der Waals surface area contributed by atoms with Gasteiger partial charge >= 0.3 is 0 Å². The molecule has 0 saturated heterocycles. The van der Waals surface area contributed by atoms with Gasteiger partial charge in [-0.15, -0.1) is 0 Å². The fourth-order valence-electron chi connectivity index (χ4n) is 7.82. The van der Waals surface area contributed by atoms with E-state index in [-0.39, 0.29) is 0 Å². The molecule has 0 unspecified atom stereocenters. The summed E-state index contributed by atoms with van der Waals surface area (Å²) in [6, 6.07) is 59.4. The van der Waals surface area contributed by atoms with Gasteiger partial charge < -0.3 is 8.98 Å². The van der Waals surface area contributed by atoms with Crippen LogP contribution < -0.4 is 0 Å². The number of aromatic nitrogens is 4. The summed E-state index contributed by atoms with van der Waals surface area (Å²) >= 11 is 0. The molecule has 4 heterocycles. The molecule has 11 aromatic rings. The zero-order valence-electron chi connectivity index (χ0n) is 27.4. The number of rotatable bonds is 4. The average Bonchev–Trinajstić information content (AvgIpc) is 3.83. The first-order chi connectivity index (χ1) is 25.3. The van der Waals surface area contributed by atoms with E-state index in [0.717, 1.165) is 77.6 Å². The molecular formula is C46H28N4O. The summed E-state index contributed by atoms with van der Waals surface area (Å²) in [5.41, 5.74) is 10.1. The Morgan fingerprint density at radius 3 is 1.51 bits per heavy atom. The van der Waals surface area contributed by atoms with Crippen LogP contribution in [0.3, 0.4) is 0 Å². The first-order valence-electron chi connectivity index (χ1n) is 17.2. The Bertz CT molecular complexity index is 3060. The van der Waals surface area contributed by atoms with E-state index < -0.39 is 0 Å². The summed E-state index contributed by atoms with van der Waals surface area (Å²) in [5.74, 6) is 1.49. The zero-order chi connectivity index (χ0) is 33.5. The van der Waals surface area contributed by atoms with Gasteiger partial charge in [-0.2, -0.15) is 0 Å². The van der Waals surface area contributed by atoms with Gasteiger partial charge in [0.1, 0.15) is 17.0 Å². The maximum atomic E-state index is 6.77. The van der Waals surface area contributed by atoms with Gasteiger partial charge in [-0.3, -0.25) is 4.57 Å². The molecule has 0 amide bonds. The van der Waals surface area contributed by atoms with Crippen molar-refractivity contribution in [2.24, 2.45) is 0 Å². The monoisotopic (exact) mass is 652 g/mol.